The molecule has 2 heterocycles. The van der Waals surface area contributed by atoms with Crippen LogP contribution >= 0.6 is 0 Å². The van der Waals surface area contributed by atoms with Crippen LogP contribution in [0.5, 0.6) is 5.75 Å². The second kappa shape index (κ2) is 9.11. The average molecular weight is 406 g/mol. The Morgan fingerprint density at radius 3 is 2.70 bits per heavy atom. The first-order chi connectivity index (χ1) is 14.6. The number of carbonyl (C=O) groups is 1. The maximum Gasteiger partial charge on any atom is 0.221 e. The number of morpholine rings is 1. The third kappa shape index (κ3) is 4.69. The number of hydrogen-bond acceptors (Lipinski definition) is 5. The summed E-state index contributed by atoms with van der Waals surface area (Å²) in [6, 6.07) is 15.9. The van der Waals surface area contributed by atoms with Crippen LogP contribution in [0, 0.1) is 0 Å². The number of aromatic amines is 1. The van der Waals surface area contributed by atoms with Gasteiger partial charge in [0.15, 0.2) is 0 Å². The van der Waals surface area contributed by atoms with Crippen molar-refractivity contribution in [2.75, 3.05) is 32.2 Å². The molecule has 0 unspecified atom stereocenters. The van der Waals surface area contributed by atoms with Crippen molar-refractivity contribution in [3.63, 3.8) is 0 Å². The summed E-state index contributed by atoms with van der Waals surface area (Å²) in [6.07, 6.45) is 1.87. The number of ether oxygens (including phenoxy) is 2. The van der Waals surface area contributed by atoms with Gasteiger partial charge in [0.2, 0.25) is 5.91 Å². The molecule has 1 amide bonds. The average Bonchev–Trinajstić information content (AvgIpc) is 3.25. The minimum atomic E-state index is -0.0681. The summed E-state index contributed by atoms with van der Waals surface area (Å²) >= 11 is 0. The zero-order valence-electron chi connectivity index (χ0n) is 17.2. The number of nitrogens with zero attached hydrogens (tertiary/aromatic N) is 2. The number of carbonyl (C=O) groups excluding carboxylic acids is 1. The summed E-state index contributed by atoms with van der Waals surface area (Å²) in [5.41, 5.74) is 4.02. The van der Waals surface area contributed by atoms with Gasteiger partial charge in [-0.2, -0.15) is 0 Å². The van der Waals surface area contributed by atoms with Crippen molar-refractivity contribution in [1.29, 1.82) is 0 Å². The Morgan fingerprint density at radius 2 is 2.00 bits per heavy atom. The van der Waals surface area contributed by atoms with E-state index in [4.69, 9.17) is 9.47 Å². The highest BCUT2D eigenvalue weighted by molar-refractivity contribution is 5.88. The molecule has 0 saturated carbocycles. The van der Waals surface area contributed by atoms with E-state index in [1.807, 2.05) is 54.7 Å². The van der Waals surface area contributed by atoms with Crippen LogP contribution in [0.25, 0.3) is 11.3 Å². The van der Waals surface area contributed by atoms with Crippen LogP contribution in [0.2, 0.25) is 0 Å². The standard InChI is InChI=1S/C23H26N4O3/c1-16(28)25-19-7-3-17(4-8-19)14-27-11-12-30-15-22(27)23-24-13-21(26-23)18-5-9-20(29-2)10-6-18/h3-10,13,22H,11-12,14-15H2,1-2H3,(H,24,26)(H,25,28)/t22-/m0/s1. The smallest absolute Gasteiger partial charge is 0.221 e. The first-order valence-corrected chi connectivity index (χ1v) is 10.00. The first-order valence-electron chi connectivity index (χ1n) is 10.00. The molecule has 1 aliphatic heterocycles. The number of benzene rings is 2. The summed E-state index contributed by atoms with van der Waals surface area (Å²) in [5, 5.41) is 2.80. The predicted molar refractivity (Wildman–Crippen MR) is 115 cm³/mol. The quantitative estimate of drug-likeness (QED) is 0.654. The Kier molecular flexibility index (Phi) is 6.11. The number of rotatable bonds is 6. The van der Waals surface area contributed by atoms with Gasteiger partial charge in [0, 0.05) is 25.7 Å². The molecule has 0 spiro atoms. The van der Waals surface area contributed by atoms with Crippen LogP contribution < -0.4 is 10.1 Å². The van der Waals surface area contributed by atoms with Gasteiger partial charge in [0.1, 0.15) is 11.6 Å². The number of amides is 1. The zero-order chi connectivity index (χ0) is 20.9. The lowest BCUT2D eigenvalue weighted by Crippen LogP contribution is -2.39. The normalized spacial score (nSPS) is 16.9. The third-order valence-electron chi connectivity index (χ3n) is 5.21. The fraction of sp³-hybridized carbons (Fsp3) is 0.304. The van der Waals surface area contributed by atoms with Gasteiger partial charge < -0.3 is 19.8 Å². The Bertz CT molecular complexity index is 982. The number of methoxy groups -OCH3 is 1. The predicted octanol–water partition coefficient (Wildman–Crippen LogP) is 3.62. The summed E-state index contributed by atoms with van der Waals surface area (Å²) in [7, 11) is 1.66. The zero-order valence-corrected chi connectivity index (χ0v) is 17.2. The number of aromatic nitrogens is 2. The second-order valence-electron chi connectivity index (χ2n) is 7.35. The molecule has 7 nitrogen and oxygen atoms in total. The van der Waals surface area contributed by atoms with E-state index in [1.54, 1.807) is 7.11 Å². The minimum absolute atomic E-state index is 0.0563. The summed E-state index contributed by atoms with van der Waals surface area (Å²) < 4.78 is 11.0. The van der Waals surface area contributed by atoms with Crippen LogP contribution in [-0.4, -0.2) is 47.6 Å². The van der Waals surface area contributed by atoms with Gasteiger partial charge in [-0.3, -0.25) is 9.69 Å². The molecule has 4 rings (SSSR count). The number of imidazole rings is 1. The lowest BCUT2D eigenvalue weighted by atomic mass is 10.1. The van der Waals surface area contributed by atoms with Crippen molar-refractivity contribution >= 4 is 11.6 Å². The number of hydrogen-bond donors (Lipinski definition) is 2. The fourth-order valence-electron chi connectivity index (χ4n) is 3.63. The molecule has 1 aliphatic rings. The van der Waals surface area contributed by atoms with Gasteiger partial charge in [-0.15, -0.1) is 0 Å². The van der Waals surface area contributed by atoms with Gasteiger partial charge in [-0.25, -0.2) is 4.98 Å². The molecule has 1 aromatic heterocycles. The molecule has 1 fully saturated rings. The highest BCUT2D eigenvalue weighted by Crippen LogP contribution is 2.27. The van der Waals surface area contributed by atoms with Gasteiger partial charge in [-0.05, 0) is 47.5 Å². The van der Waals surface area contributed by atoms with E-state index in [2.05, 4.69) is 20.2 Å². The second-order valence-corrected chi connectivity index (χ2v) is 7.35. The third-order valence-corrected chi connectivity index (χ3v) is 5.21. The van der Waals surface area contributed by atoms with E-state index >= 15 is 0 Å². The molecule has 1 atom stereocenters. The molecular formula is C23H26N4O3. The minimum Gasteiger partial charge on any atom is -0.497 e. The van der Waals surface area contributed by atoms with E-state index in [9.17, 15) is 4.79 Å². The maximum absolute atomic E-state index is 11.2. The largest absolute Gasteiger partial charge is 0.497 e. The van der Waals surface area contributed by atoms with E-state index in [0.717, 1.165) is 41.6 Å². The van der Waals surface area contributed by atoms with E-state index in [1.165, 1.54) is 12.5 Å². The van der Waals surface area contributed by atoms with Crippen molar-refractivity contribution in [3.8, 4) is 17.0 Å². The van der Waals surface area contributed by atoms with E-state index in [0.29, 0.717) is 13.2 Å². The summed E-state index contributed by atoms with van der Waals surface area (Å²) in [6.45, 7) is 4.42. The molecule has 2 N–H and O–H groups in total. The Balaban J connectivity index is 1.48. The van der Waals surface area contributed by atoms with Crippen molar-refractivity contribution in [3.05, 3.63) is 66.1 Å². The van der Waals surface area contributed by atoms with Gasteiger partial charge in [0.05, 0.1) is 38.3 Å². The molecule has 7 heteroatoms. The topological polar surface area (TPSA) is 79.5 Å². The van der Waals surface area contributed by atoms with Crippen LogP contribution in [0.4, 0.5) is 5.69 Å². The van der Waals surface area contributed by atoms with E-state index in [-0.39, 0.29) is 11.9 Å². The molecule has 3 aromatic rings. The van der Waals surface area contributed by atoms with Crippen LogP contribution in [0.15, 0.2) is 54.7 Å². The Morgan fingerprint density at radius 1 is 1.23 bits per heavy atom. The van der Waals surface area contributed by atoms with Gasteiger partial charge >= 0.3 is 0 Å². The molecular weight excluding hydrogens is 380 g/mol. The molecule has 0 radical (unpaired) electrons. The van der Waals surface area contributed by atoms with Crippen molar-refractivity contribution in [2.24, 2.45) is 0 Å². The Labute approximate surface area is 176 Å². The molecule has 0 bridgehead atoms. The van der Waals surface area contributed by atoms with Crippen molar-refractivity contribution in [1.82, 2.24) is 14.9 Å². The van der Waals surface area contributed by atoms with Crippen molar-refractivity contribution in [2.45, 2.75) is 19.5 Å². The molecule has 0 aliphatic carbocycles. The maximum atomic E-state index is 11.2. The summed E-state index contributed by atoms with van der Waals surface area (Å²) in [5.74, 6) is 1.66. The lowest BCUT2D eigenvalue weighted by molar-refractivity contribution is -0.114. The van der Waals surface area contributed by atoms with Gasteiger partial charge in [-0.1, -0.05) is 12.1 Å². The van der Waals surface area contributed by atoms with Crippen LogP contribution in [0.3, 0.4) is 0 Å². The van der Waals surface area contributed by atoms with Crippen molar-refractivity contribution < 1.29 is 14.3 Å². The Hall–Kier alpha value is -3.16. The SMILES string of the molecule is COc1ccc(-c2cnc([C@@H]3COCCN3Cc3ccc(NC(C)=O)cc3)[nH]2)cc1. The van der Waals surface area contributed by atoms with Crippen LogP contribution in [0.1, 0.15) is 24.4 Å². The van der Waals surface area contributed by atoms with Gasteiger partial charge in [0.25, 0.3) is 0 Å². The molecule has 30 heavy (non-hydrogen) atoms. The first kappa shape index (κ1) is 20.1. The highest BCUT2D eigenvalue weighted by atomic mass is 16.5. The summed E-state index contributed by atoms with van der Waals surface area (Å²) in [4.78, 5) is 21.7. The number of H-pyrrole nitrogens is 1. The highest BCUT2D eigenvalue weighted by Gasteiger charge is 2.27. The van der Waals surface area contributed by atoms with Crippen LogP contribution in [-0.2, 0) is 16.1 Å². The number of nitrogens with one attached hydrogen (secondary N) is 2. The van der Waals surface area contributed by atoms with E-state index < -0.39 is 0 Å². The number of anilines is 1. The molecule has 1 saturated heterocycles. The molecule has 2 aromatic carbocycles. The monoisotopic (exact) mass is 406 g/mol. The lowest BCUT2D eigenvalue weighted by Gasteiger charge is -2.34. The molecule has 156 valence electrons. The fourth-order valence-corrected chi connectivity index (χ4v) is 3.63.